The third-order valence-corrected chi connectivity index (χ3v) is 6.67. The fourth-order valence-corrected chi connectivity index (χ4v) is 4.71. The van der Waals surface area contributed by atoms with Crippen LogP contribution in [0.1, 0.15) is 75.6 Å². The fourth-order valence-electron chi connectivity index (χ4n) is 4.04. The Labute approximate surface area is 206 Å². The highest BCUT2D eigenvalue weighted by Gasteiger charge is 2.20. The Morgan fingerprint density at radius 3 is 2.06 bits per heavy atom. The molecule has 0 bridgehead atoms. The van der Waals surface area contributed by atoms with Crippen molar-refractivity contribution in [3.8, 4) is 11.1 Å². The van der Waals surface area contributed by atoms with Crippen molar-refractivity contribution in [2.45, 2.75) is 70.3 Å². The predicted octanol–water partition coefficient (Wildman–Crippen LogP) is 7.33. The Kier molecular flexibility index (Phi) is 8.21. The zero-order valence-corrected chi connectivity index (χ0v) is 21.6. The van der Waals surface area contributed by atoms with Crippen molar-refractivity contribution in [2.75, 3.05) is 0 Å². The molecule has 0 spiro atoms. The third-order valence-electron chi connectivity index (χ3n) is 5.87. The Hall–Kier alpha value is -2.63. The molecule has 0 atom stereocenters. The molecule has 3 aromatic rings. The van der Waals surface area contributed by atoms with Gasteiger partial charge in [0.05, 0.1) is 12.0 Å². The van der Waals surface area contributed by atoms with Gasteiger partial charge in [0.2, 0.25) is 5.91 Å². The highest BCUT2D eigenvalue weighted by molar-refractivity contribution is 7.98. The lowest BCUT2D eigenvalue weighted by molar-refractivity contribution is -0.118. The van der Waals surface area contributed by atoms with E-state index in [4.69, 9.17) is 0 Å². The molecule has 2 N–H and O–H groups in total. The summed E-state index contributed by atoms with van der Waals surface area (Å²) in [6.07, 6.45) is 0.186. The van der Waals surface area contributed by atoms with E-state index in [0.717, 1.165) is 38.3 Å². The van der Waals surface area contributed by atoms with Gasteiger partial charge >= 0.3 is 0 Å². The number of amides is 1. The van der Waals surface area contributed by atoms with Crippen LogP contribution in [0.15, 0.2) is 65.6 Å². The minimum absolute atomic E-state index is 0.112. The second-order valence-corrected chi connectivity index (χ2v) is 10.7. The van der Waals surface area contributed by atoms with Crippen molar-refractivity contribution >= 4 is 17.9 Å². The standard InChI is InChI=1S/C29H34FNO2S/c1-18(2)25-15-23(30)16-26(19(3)4)27(25)17-28(32)31-34-24-13-21(20-10-8-7-9-11-20)12-22(14-24)29(5,6)33/h7-16,18-19,33H,17H2,1-6H3,(H,31,32). The summed E-state index contributed by atoms with van der Waals surface area (Å²) in [4.78, 5) is 13.8. The van der Waals surface area contributed by atoms with Crippen LogP contribution in [-0.4, -0.2) is 11.0 Å². The van der Waals surface area contributed by atoms with Gasteiger partial charge in [-0.3, -0.25) is 9.52 Å². The molecule has 0 saturated carbocycles. The smallest absolute Gasteiger partial charge is 0.234 e. The largest absolute Gasteiger partial charge is 0.386 e. The van der Waals surface area contributed by atoms with Crippen molar-refractivity contribution < 1.29 is 14.3 Å². The molecule has 0 aliphatic heterocycles. The summed E-state index contributed by atoms with van der Waals surface area (Å²) in [5.41, 5.74) is 4.42. The SMILES string of the molecule is CC(C)c1cc(F)cc(C(C)C)c1CC(=O)NSc1cc(-c2ccccc2)cc(C(C)(C)O)c1. The Balaban J connectivity index is 1.86. The Morgan fingerprint density at radius 1 is 0.941 bits per heavy atom. The van der Waals surface area contributed by atoms with Gasteiger partial charge in [-0.15, -0.1) is 0 Å². The quantitative estimate of drug-likeness (QED) is 0.333. The molecule has 3 nitrogen and oxygen atoms in total. The molecule has 5 heteroatoms. The number of rotatable bonds is 8. The molecular formula is C29H34FNO2S. The summed E-state index contributed by atoms with van der Waals surface area (Å²) < 4.78 is 17.2. The number of aliphatic hydroxyl groups is 1. The van der Waals surface area contributed by atoms with Crippen molar-refractivity contribution in [1.29, 1.82) is 0 Å². The maximum atomic E-state index is 14.2. The first-order chi connectivity index (χ1) is 16.0. The molecule has 0 saturated heterocycles. The van der Waals surface area contributed by atoms with Gasteiger partial charge in [-0.2, -0.15) is 0 Å². The molecule has 0 aromatic heterocycles. The topological polar surface area (TPSA) is 49.3 Å². The van der Waals surface area contributed by atoms with Crippen molar-refractivity contribution in [2.24, 2.45) is 0 Å². The van der Waals surface area contributed by atoms with Crippen LogP contribution in [0, 0.1) is 5.82 Å². The van der Waals surface area contributed by atoms with E-state index in [2.05, 4.69) is 4.72 Å². The molecule has 180 valence electrons. The van der Waals surface area contributed by atoms with Crippen molar-refractivity contribution in [3.05, 3.63) is 88.7 Å². The maximum Gasteiger partial charge on any atom is 0.234 e. The van der Waals surface area contributed by atoms with E-state index in [1.54, 1.807) is 26.0 Å². The Bertz CT molecular complexity index is 1120. The molecule has 3 aromatic carbocycles. The fraction of sp³-hybridized carbons (Fsp3) is 0.345. The Morgan fingerprint density at radius 2 is 1.53 bits per heavy atom. The summed E-state index contributed by atoms with van der Waals surface area (Å²) in [5, 5.41) is 10.6. The molecule has 0 aliphatic carbocycles. The number of carbonyl (C=O) groups is 1. The van der Waals surface area contributed by atoms with E-state index < -0.39 is 5.60 Å². The minimum atomic E-state index is -1.02. The predicted molar refractivity (Wildman–Crippen MR) is 139 cm³/mol. The van der Waals surface area contributed by atoms with Gasteiger partial charge in [0.1, 0.15) is 5.82 Å². The lowest BCUT2D eigenvalue weighted by atomic mass is 9.87. The van der Waals surface area contributed by atoms with Crippen LogP contribution in [0.4, 0.5) is 4.39 Å². The second-order valence-electron chi connectivity index (χ2n) is 9.85. The van der Waals surface area contributed by atoms with Crippen LogP contribution in [0.5, 0.6) is 0 Å². The summed E-state index contributed by atoms with van der Waals surface area (Å²) in [7, 11) is 0. The van der Waals surface area contributed by atoms with E-state index in [1.165, 1.54) is 11.9 Å². The molecule has 3 rings (SSSR count). The van der Waals surface area contributed by atoms with Gasteiger partial charge in [-0.05, 0) is 101 Å². The highest BCUT2D eigenvalue weighted by Crippen LogP contribution is 2.32. The lowest BCUT2D eigenvalue weighted by Crippen LogP contribution is -2.21. The summed E-state index contributed by atoms with van der Waals surface area (Å²) >= 11 is 1.23. The molecule has 0 fully saturated rings. The normalized spacial score (nSPS) is 11.8. The van der Waals surface area contributed by atoms with Gasteiger partial charge in [0, 0.05) is 4.90 Å². The van der Waals surface area contributed by atoms with E-state index in [1.807, 2.05) is 76.2 Å². The zero-order valence-electron chi connectivity index (χ0n) is 20.8. The third kappa shape index (κ3) is 6.49. The zero-order chi connectivity index (χ0) is 25.0. The van der Waals surface area contributed by atoms with Gasteiger partial charge in [0.15, 0.2) is 0 Å². The molecular weight excluding hydrogens is 445 g/mol. The van der Waals surface area contributed by atoms with Crippen LogP contribution in [0.2, 0.25) is 0 Å². The van der Waals surface area contributed by atoms with Crippen LogP contribution >= 0.6 is 11.9 Å². The van der Waals surface area contributed by atoms with Gasteiger partial charge in [0.25, 0.3) is 0 Å². The number of nitrogens with one attached hydrogen (secondary N) is 1. The monoisotopic (exact) mass is 479 g/mol. The number of carbonyl (C=O) groups excluding carboxylic acids is 1. The van der Waals surface area contributed by atoms with Crippen LogP contribution in [-0.2, 0) is 16.8 Å². The summed E-state index contributed by atoms with van der Waals surface area (Å²) in [6, 6.07) is 18.9. The van der Waals surface area contributed by atoms with E-state index >= 15 is 0 Å². The van der Waals surface area contributed by atoms with E-state index in [9.17, 15) is 14.3 Å². The minimum Gasteiger partial charge on any atom is -0.386 e. The lowest BCUT2D eigenvalue weighted by Gasteiger charge is -2.21. The van der Waals surface area contributed by atoms with Gasteiger partial charge < -0.3 is 5.11 Å². The molecule has 1 amide bonds. The number of benzene rings is 3. The van der Waals surface area contributed by atoms with E-state index in [0.29, 0.717) is 0 Å². The van der Waals surface area contributed by atoms with E-state index in [-0.39, 0.29) is 30.0 Å². The first-order valence-corrected chi connectivity index (χ1v) is 12.5. The van der Waals surface area contributed by atoms with Crippen LogP contribution in [0.25, 0.3) is 11.1 Å². The maximum absolute atomic E-state index is 14.2. The summed E-state index contributed by atoms with van der Waals surface area (Å²) in [6.45, 7) is 11.6. The average molecular weight is 480 g/mol. The number of halogens is 1. The first kappa shape index (κ1) is 26.0. The second kappa shape index (κ2) is 10.7. The van der Waals surface area contributed by atoms with Crippen molar-refractivity contribution in [1.82, 2.24) is 4.72 Å². The number of hydrogen-bond donors (Lipinski definition) is 2. The molecule has 0 heterocycles. The first-order valence-electron chi connectivity index (χ1n) is 11.7. The molecule has 0 radical (unpaired) electrons. The summed E-state index contributed by atoms with van der Waals surface area (Å²) in [5.74, 6) is -0.181. The highest BCUT2D eigenvalue weighted by atomic mass is 32.2. The molecule has 34 heavy (non-hydrogen) atoms. The molecule has 0 aliphatic rings. The van der Waals surface area contributed by atoms with Crippen LogP contribution in [0.3, 0.4) is 0 Å². The van der Waals surface area contributed by atoms with Gasteiger partial charge in [-0.25, -0.2) is 4.39 Å². The number of hydrogen-bond acceptors (Lipinski definition) is 3. The van der Waals surface area contributed by atoms with Crippen molar-refractivity contribution in [3.63, 3.8) is 0 Å². The van der Waals surface area contributed by atoms with Gasteiger partial charge in [-0.1, -0.05) is 58.0 Å². The average Bonchev–Trinajstić information content (AvgIpc) is 2.78. The van der Waals surface area contributed by atoms with Crippen LogP contribution < -0.4 is 4.72 Å². The molecule has 0 unspecified atom stereocenters.